The SMILES string of the molecule is CCOc1cc(C(Nc2ccc(C(=N)NO)cc2)C(=O)OC)ccc1OC(C)C. The standard InChI is InChI=1S/C21H27N3O5/c1-5-28-18-12-15(8-11-17(18)29-13(2)3)19(21(25)27-4)23-16-9-6-14(7-10-16)20(22)24-26/h6-13,19,23,26H,5H2,1-4H3,(H2,22,24). The number of hydroxylamine groups is 1. The highest BCUT2D eigenvalue weighted by molar-refractivity contribution is 5.95. The zero-order chi connectivity index (χ0) is 21.4. The van der Waals surface area contributed by atoms with Crippen molar-refractivity contribution in [3.05, 3.63) is 53.6 Å². The van der Waals surface area contributed by atoms with Gasteiger partial charge in [-0.15, -0.1) is 0 Å². The van der Waals surface area contributed by atoms with Crippen LogP contribution in [0.5, 0.6) is 11.5 Å². The van der Waals surface area contributed by atoms with Crippen LogP contribution in [0.15, 0.2) is 42.5 Å². The molecule has 0 aromatic heterocycles. The van der Waals surface area contributed by atoms with Crippen LogP contribution in [0.25, 0.3) is 0 Å². The summed E-state index contributed by atoms with van der Waals surface area (Å²) in [4.78, 5) is 12.4. The van der Waals surface area contributed by atoms with Gasteiger partial charge in [-0.25, -0.2) is 4.79 Å². The Morgan fingerprint density at radius 1 is 1.14 bits per heavy atom. The molecule has 2 aromatic carbocycles. The first-order chi connectivity index (χ1) is 13.9. The van der Waals surface area contributed by atoms with Crippen molar-refractivity contribution in [1.82, 2.24) is 5.48 Å². The molecule has 8 nitrogen and oxygen atoms in total. The van der Waals surface area contributed by atoms with Gasteiger partial charge in [-0.2, -0.15) is 0 Å². The zero-order valence-electron chi connectivity index (χ0n) is 17.0. The second-order valence-corrected chi connectivity index (χ2v) is 6.47. The zero-order valence-corrected chi connectivity index (χ0v) is 17.0. The van der Waals surface area contributed by atoms with E-state index in [9.17, 15) is 4.79 Å². The van der Waals surface area contributed by atoms with E-state index in [1.807, 2.05) is 20.8 Å². The van der Waals surface area contributed by atoms with E-state index in [4.69, 9.17) is 24.8 Å². The summed E-state index contributed by atoms with van der Waals surface area (Å²) in [6.07, 6.45) is -0.0137. The van der Waals surface area contributed by atoms with Gasteiger partial charge in [-0.05, 0) is 62.7 Å². The van der Waals surface area contributed by atoms with Gasteiger partial charge in [0, 0.05) is 11.3 Å². The Kier molecular flexibility index (Phi) is 7.85. The minimum absolute atomic E-state index is 0.0137. The van der Waals surface area contributed by atoms with Gasteiger partial charge >= 0.3 is 5.97 Å². The third-order valence-corrected chi connectivity index (χ3v) is 4.00. The van der Waals surface area contributed by atoms with Gasteiger partial charge in [0.2, 0.25) is 0 Å². The fourth-order valence-corrected chi connectivity index (χ4v) is 2.68. The number of amidine groups is 1. The lowest BCUT2D eigenvalue weighted by atomic mass is 10.1. The van der Waals surface area contributed by atoms with Crippen molar-refractivity contribution >= 4 is 17.5 Å². The predicted molar refractivity (Wildman–Crippen MR) is 110 cm³/mol. The van der Waals surface area contributed by atoms with Crippen LogP contribution in [0, 0.1) is 5.41 Å². The normalized spacial score (nSPS) is 11.5. The fraction of sp³-hybridized carbons (Fsp3) is 0.333. The highest BCUT2D eigenvalue weighted by Crippen LogP contribution is 2.33. The van der Waals surface area contributed by atoms with Crippen molar-refractivity contribution in [3.8, 4) is 11.5 Å². The van der Waals surface area contributed by atoms with E-state index in [-0.39, 0.29) is 11.9 Å². The molecule has 0 heterocycles. The van der Waals surface area contributed by atoms with Crippen LogP contribution in [-0.2, 0) is 9.53 Å². The summed E-state index contributed by atoms with van der Waals surface area (Å²) in [5, 5.41) is 19.5. The summed E-state index contributed by atoms with van der Waals surface area (Å²) in [6.45, 7) is 6.19. The number of carbonyl (C=O) groups excluding carboxylic acids is 1. The van der Waals surface area contributed by atoms with E-state index in [1.54, 1.807) is 47.9 Å². The maximum atomic E-state index is 12.4. The number of rotatable bonds is 9. The molecule has 156 valence electrons. The van der Waals surface area contributed by atoms with Crippen molar-refractivity contribution < 1.29 is 24.2 Å². The first-order valence-electron chi connectivity index (χ1n) is 9.26. The number of ether oxygens (including phenoxy) is 3. The molecular formula is C21H27N3O5. The summed E-state index contributed by atoms with van der Waals surface area (Å²) in [5.41, 5.74) is 3.60. The number of methoxy groups -OCH3 is 1. The van der Waals surface area contributed by atoms with E-state index in [2.05, 4.69) is 5.32 Å². The van der Waals surface area contributed by atoms with E-state index in [0.717, 1.165) is 0 Å². The van der Waals surface area contributed by atoms with Gasteiger partial charge < -0.3 is 19.5 Å². The predicted octanol–water partition coefficient (Wildman–Crippen LogP) is 3.50. The lowest BCUT2D eigenvalue weighted by Crippen LogP contribution is -2.23. The molecule has 0 amide bonds. The average molecular weight is 401 g/mol. The van der Waals surface area contributed by atoms with Crippen molar-refractivity contribution in [2.24, 2.45) is 0 Å². The van der Waals surface area contributed by atoms with E-state index in [1.165, 1.54) is 7.11 Å². The maximum Gasteiger partial charge on any atom is 0.332 e. The van der Waals surface area contributed by atoms with Crippen LogP contribution >= 0.6 is 0 Å². The smallest absolute Gasteiger partial charge is 0.332 e. The van der Waals surface area contributed by atoms with Gasteiger partial charge in [0.05, 0.1) is 19.8 Å². The highest BCUT2D eigenvalue weighted by atomic mass is 16.5. The molecular weight excluding hydrogens is 374 g/mol. The molecule has 0 spiro atoms. The average Bonchev–Trinajstić information content (AvgIpc) is 2.72. The van der Waals surface area contributed by atoms with Gasteiger partial charge in [-0.1, -0.05) is 6.07 Å². The lowest BCUT2D eigenvalue weighted by molar-refractivity contribution is -0.141. The summed E-state index contributed by atoms with van der Waals surface area (Å²) < 4.78 is 16.4. The lowest BCUT2D eigenvalue weighted by Gasteiger charge is -2.21. The van der Waals surface area contributed by atoms with Gasteiger partial charge in [0.25, 0.3) is 0 Å². The Bertz CT molecular complexity index is 837. The molecule has 1 unspecified atom stereocenters. The van der Waals surface area contributed by atoms with Crippen LogP contribution < -0.4 is 20.3 Å². The second kappa shape index (κ2) is 10.3. The number of hydrogen-bond acceptors (Lipinski definition) is 7. The molecule has 8 heteroatoms. The number of anilines is 1. The Morgan fingerprint density at radius 2 is 1.83 bits per heavy atom. The summed E-state index contributed by atoms with van der Waals surface area (Å²) in [5.74, 6) is 0.572. The van der Waals surface area contributed by atoms with Gasteiger partial charge in [0.15, 0.2) is 17.5 Å². The fourth-order valence-electron chi connectivity index (χ4n) is 2.68. The van der Waals surface area contributed by atoms with Crippen molar-refractivity contribution in [2.75, 3.05) is 19.0 Å². The molecule has 0 fully saturated rings. The Hall–Kier alpha value is -3.26. The molecule has 0 radical (unpaired) electrons. The molecule has 2 aromatic rings. The van der Waals surface area contributed by atoms with Crippen molar-refractivity contribution in [1.29, 1.82) is 5.41 Å². The summed E-state index contributed by atoms with van der Waals surface area (Å²) in [6, 6.07) is 11.3. The third-order valence-electron chi connectivity index (χ3n) is 4.00. The van der Waals surface area contributed by atoms with Crippen molar-refractivity contribution in [3.63, 3.8) is 0 Å². The topological polar surface area (TPSA) is 113 Å². The highest BCUT2D eigenvalue weighted by Gasteiger charge is 2.23. The summed E-state index contributed by atoms with van der Waals surface area (Å²) in [7, 11) is 1.33. The number of esters is 1. The molecule has 0 aliphatic carbocycles. The van der Waals surface area contributed by atoms with E-state index in [0.29, 0.717) is 34.9 Å². The van der Waals surface area contributed by atoms with Crippen molar-refractivity contribution in [2.45, 2.75) is 32.9 Å². The number of hydrogen-bond donors (Lipinski definition) is 4. The molecule has 0 saturated heterocycles. The summed E-state index contributed by atoms with van der Waals surface area (Å²) >= 11 is 0. The first kappa shape index (κ1) is 22.0. The molecule has 0 saturated carbocycles. The monoisotopic (exact) mass is 401 g/mol. The minimum Gasteiger partial charge on any atom is -0.490 e. The minimum atomic E-state index is -0.770. The Balaban J connectivity index is 2.33. The van der Waals surface area contributed by atoms with Gasteiger partial charge in [0.1, 0.15) is 5.84 Å². The Morgan fingerprint density at radius 3 is 2.38 bits per heavy atom. The molecule has 4 N–H and O–H groups in total. The molecule has 29 heavy (non-hydrogen) atoms. The number of carbonyl (C=O) groups is 1. The Labute approximate surface area is 170 Å². The molecule has 0 aliphatic rings. The van der Waals surface area contributed by atoms with E-state index >= 15 is 0 Å². The quantitative estimate of drug-likeness (QED) is 0.220. The largest absolute Gasteiger partial charge is 0.490 e. The molecule has 0 bridgehead atoms. The second-order valence-electron chi connectivity index (χ2n) is 6.47. The van der Waals surface area contributed by atoms with Crippen LogP contribution in [0.2, 0.25) is 0 Å². The maximum absolute atomic E-state index is 12.4. The molecule has 0 aliphatic heterocycles. The van der Waals surface area contributed by atoms with Gasteiger partial charge in [-0.3, -0.25) is 16.1 Å². The molecule has 1 atom stereocenters. The van der Waals surface area contributed by atoms with Crippen LogP contribution in [0.1, 0.15) is 37.9 Å². The number of nitrogens with one attached hydrogen (secondary N) is 3. The third kappa shape index (κ3) is 5.86. The van der Waals surface area contributed by atoms with Crippen LogP contribution in [0.4, 0.5) is 5.69 Å². The van der Waals surface area contributed by atoms with Crippen LogP contribution in [-0.4, -0.2) is 36.8 Å². The van der Waals surface area contributed by atoms with E-state index < -0.39 is 12.0 Å². The first-order valence-corrected chi connectivity index (χ1v) is 9.26. The van der Waals surface area contributed by atoms with Crippen LogP contribution in [0.3, 0.4) is 0 Å². The number of benzene rings is 2. The molecule has 2 rings (SSSR count).